The zero-order valence-electron chi connectivity index (χ0n) is 13.3. The zero-order chi connectivity index (χ0) is 15.1. The smallest absolute Gasteiger partial charge is 0.0189 e. The molecule has 0 saturated carbocycles. The van der Waals surface area contributed by atoms with Crippen LogP contribution in [-0.4, -0.2) is 5.54 Å². The van der Waals surface area contributed by atoms with Gasteiger partial charge in [-0.25, -0.2) is 0 Å². The summed E-state index contributed by atoms with van der Waals surface area (Å²) < 4.78 is 0. The van der Waals surface area contributed by atoms with Gasteiger partial charge in [0.05, 0.1) is 0 Å². The molecule has 0 saturated heterocycles. The van der Waals surface area contributed by atoms with E-state index in [1.165, 1.54) is 16.7 Å². The van der Waals surface area contributed by atoms with Gasteiger partial charge in [0.25, 0.3) is 0 Å². The predicted molar refractivity (Wildman–Crippen MR) is 91.5 cm³/mol. The minimum Gasteiger partial charge on any atom is -0.325 e. The van der Waals surface area contributed by atoms with Gasteiger partial charge in [-0.2, -0.15) is 0 Å². The molecule has 0 aliphatic carbocycles. The van der Waals surface area contributed by atoms with Crippen molar-refractivity contribution in [3.05, 3.63) is 71.3 Å². The van der Waals surface area contributed by atoms with E-state index in [1.54, 1.807) is 0 Å². The largest absolute Gasteiger partial charge is 0.325 e. The Morgan fingerprint density at radius 3 is 1.71 bits per heavy atom. The van der Waals surface area contributed by atoms with Gasteiger partial charge in [0, 0.05) is 5.54 Å². The lowest BCUT2D eigenvalue weighted by Gasteiger charge is -2.26. The molecule has 0 aromatic heterocycles. The second-order valence-electron chi connectivity index (χ2n) is 6.05. The van der Waals surface area contributed by atoms with Gasteiger partial charge >= 0.3 is 0 Å². The Bertz CT molecular complexity index is 524. The summed E-state index contributed by atoms with van der Waals surface area (Å²) in [5.41, 5.74) is 10.5. The van der Waals surface area contributed by atoms with E-state index in [4.69, 9.17) is 5.73 Å². The molecule has 21 heavy (non-hydrogen) atoms. The highest BCUT2D eigenvalue weighted by atomic mass is 14.7. The van der Waals surface area contributed by atoms with Crippen LogP contribution < -0.4 is 5.73 Å². The van der Waals surface area contributed by atoms with E-state index in [2.05, 4.69) is 68.4 Å². The fourth-order valence-electron chi connectivity index (χ4n) is 2.66. The van der Waals surface area contributed by atoms with Crippen molar-refractivity contribution >= 4 is 0 Å². The lowest BCUT2D eigenvalue weighted by molar-refractivity contribution is 0.393. The van der Waals surface area contributed by atoms with Crippen molar-refractivity contribution in [3.63, 3.8) is 0 Å². The monoisotopic (exact) mass is 281 g/mol. The van der Waals surface area contributed by atoms with Crippen molar-refractivity contribution in [2.45, 2.75) is 51.5 Å². The Labute approximate surface area is 129 Å². The fourth-order valence-corrected chi connectivity index (χ4v) is 2.66. The molecule has 0 atom stereocenters. The number of hydrogen-bond donors (Lipinski definition) is 1. The van der Waals surface area contributed by atoms with Gasteiger partial charge in [-0.3, -0.25) is 0 Å². The Hall–Kier alpha value is -1.60. The van der Waals surface area contributed by atoms with Crippen LogP contribution in [0.1, 0.15) is 43.4 Å². The highest BCUT2D eigenvalue weighted by Gasteiger charge is 2.20. The molecule has 0 aliphatic heterocycles. The van der Waals surface area contributed by atoms with Crippen LogP contribution >= 0.6 is 0 Å². The number of hydrogen-bond acceptors (Lipinski definition) is 1. The Balaban J connectivity index is 1.93. The average Bonchev–Trinajstić information content (AvgIpc) is 2.55. The van der Waals surface area contributed by atoms with E-state index in [0.717, 1.165) is 32.1 Å². The molecule has 0 aliphatic rings. The normalized spacial score (nSPS) is 11.6. The van der Waals surface area contributed by atoms with Gasteiger partial charge in [0.1, 0.15) is 0 Å². The van der Waals surface area contributed by atoms with Crippen molar-refractivity contribution in [1.29, 1.82) is 0 Å². The van der Waals surface area contributed by atoms with E-state index < -0.39 is 0 Å². The third-order valence-electron chi connectivity index (χ3n) is 4.53. The molecule has 112 valence electrons. The first-order valence-corrected chi connectivity index (χ1v) is 8.06. The number of aryl methyl sites for hydroxylation is 2. The number of benzene rings is 2. The van der Waals surface area contributed by atoms with Crippen molar-refractivity contribution in [2.24, 2.45) is 5.73 Å². The van der Waals surface area contributed by atoms with Gasteiger partial charge in [-0.1, -0.05) is 68.4 Å². The summed E-state index contributed by atoms with van der Waals surface area (Å²) in [5, 5.41) is 0. The molecule has 2 aromatic carbocycles. The summed E-state index contributed by atoms with van der Waals surface area (Å²) in [5.74, 6) is 0. The van der Waals surface area contributed by atoms with E-state index in [1.807, 2.05) is 0 Å². The second-order valence-corrected chi connectivity index (χ2v) is 6.05. The standard InChI is InChI=1S/C20H27N/c1-3-20(21,4-2)16-19-14-12-18(13-15-19)11-10-17-8-6-5-7-9-17/h5-9,12-15H,3-4,10-11,16,21H2,1-2H3. The first kappa shape index (κ1) is 15.8. The van der Waals surface area contributed by atoms with E-state index >= 15 is 0 Å². The topological polar surface area (TPSA) is 26.0 Å². The fraction of sp³-hybridized carbons (Fsp3) is 0.400. The average molecular weight is 281 g/mol. The lowest BCUT2D eigenvalue weighted by atomic mass is 9.86. The first-order chi connectivity index (χ1) is 10.1. The highest BCUT2D eigenvalue weighted by Crippen LogP contribution is 2.19. The van der Waals surface area contributed by atoms with E-state index in [-0.39, 0.29) is 5.54 Å². The van der Waals surface area contributed by atoms with Crippen molar-refractivity contribution in [1.82, 2.24) is 0 Å². The van der Waals surface area contributed by atoms with Gasteiger partial charge < -0.3 is 5.73 Å². The van der Waals surface area contributed by atoms with Gasteiger partial charge in [-0.05, 0) is 48.8 Å². The van der Waals surface area contributed by atoms with Crippen LogP contribution in [0.15, 0.2) is 54.6 Å². The summed E-state index contributed by atoms with van der Waals surface area (Å²) >= 11 is 0. The van der Waals surface area contributed by atoms with Crippen LogP contribution in [-0.2, 0) is 19.3 Å². The molecule has 0 unspecified atom stereocenters. The molecule has 0 fully saturated rings. The first-order valence-electron chi connectivity index (χ1n) is 8.06. The van der Waals surface area contributed by atoms with Crippen LogP contribution in [0.3, 0.4) is 0 Å². The molecule has 0 amide bonds. The van der Waals surface area contributed by atoms with Crippen LogP contribution in [0.25, 0.3) is 0 Å². The van der Waals surface area contributed by atoms with Crippen LogP contribution in [0.4, 0.5) is 0 Å². The quantitative estimate of drug-likeness (QED) is 0.792. The molecule has 1 nitrogen and oxygen atoms in total. The summed E-state index contributed by atoms with van der Waals surface area (Å²) in [4.78, 5) is 0. The van der Waals surface area contributed by atoms with Crippen molar-refractivity contribution in [3.8, 4) is 0 Å². The third-order valence-corrected chi connectivity index (χ3v) is 4.53. The summed E-state index contributed by atoms with van der Waals surface area (Å²) in [7, 11) is 0. The van der Waals surface area contributed by atoms with Crippen LogP contribution in [0, 0.1) is 0 Å². The Kier molecular flexibility index (Phi) is 5.58. The van der Waals surface area contributed by atoms with Crippen LogP contribution in [0.2, 0.25) is 0 Å². The number of nitrogens with two attached hydrogens (primary N) is 1. The summed E-state index contributed by atoms with van der Waals surface area (Å²) in [6.45, 7) is 4.36. The maximum Gasteiger partial charge on any atom is 0.0189 e. The molecule has 0 radical (unpaired) electrons. The van der Waals surface area contributed by atoms with Gasteiger partial charge in [0.2, 0.25) is 0 Å². The maximum absolute atomic E-state index is 6.40. The Morgan fingerprint density at radius 1 is 0.714 bits per heavy atom. The zero-order valence-corrected chi connectivity index (χ0v) is 13.3. The summed E-state index contributed by atoms with van der Waals surface area (Å²) in [6, 6.07) is 19.7. The van der Waals surface area contributed by atoms with E-state index in [0.29, 0.717) is 0 Å². The predicted octanol–water partition coefficient (Wildman–Crippen LogP) is 4.53. The molecule has 2 aromatic rings. The number of rotatable bonds is 7. The third kappa shape index (κ3) is 4.71. The minimum absolute atomic E-state index is 0.0500. The summed E-state index contributed by atoms with van der Waals surface area (Å²) in [6.07, 6.45) is 5.22. The molecule has 1 heteroatoms. The minimum atomic E-state index is -0.0500. The second kappa shape index (κ2) is 7.42. The highest BCUT2D eigenvalue weighted by molar-refractivity contribution is 5.25. The van der Waals surface area contributed by atoms with Gasteiger partial charge in [0.15, 0.2) is 0 Å². The maximum atomic E-state index is 6.40. The molecule has 2 rings (SSSR count). The SMILES string of the molecule is CCC(N)(CC)Cc1ccc(CCc2ccccc2)cc1. The molecule has 0 bridgehead atoms. The van der Waals surface area contributed by atoms with Crippen LogP contribution in [0.5, 0.6) is 0 Å². The molecule has 0 spiro atoms. The molecular weight excluding hydrogens is 254 g/mol. The molecule has 0 heterocycles. The van der Waals surface area contributed by atoms with Crippen molar-refractivity contribution < 1.29 is 0 Å². The van der Waals surface area contributed by atoms with Crippen molar-refractivity contribution in [2.75, 3.05) is 0 Å². The van der Waals surface area contributed by atoms with E-state index in [9.17, 15) is 0 Å². The molecular formula is C20H27N. The van der Waals surface area contributed by atoms with Gasteiger partial charge in [-0.15, -0.1) is 0 Å². The lowest BCUT2D eigenvalue weighted by Crippen LogP contribution is -2.40. The molecule has 2 N–H and O–H groups in total. The Morgan fingerprint density at radius 2 is 1.19 bits per heavy atom.